The number of nitrogens with one attached hydrogen (secondary N) is 1. The maximum absolute atomic E-state index is 13.4. The number of ether oxygens (including phenoxy) is 1. The highest BCUT2D eigenvalue weighted by atomic mass is 16.5. The molecule has 3 aromatic carbocycles. The SMILES string of the molecule is COc1ccc2cc([C@H]3CN[C@@H](C(=O)N4CCN(c5ccccc5-c5ccoc5)CC4)C3)ccc2c1. The first kappa shape index (κ1) is 22.7. The summed E-state index contributed by atoms with van der Waals surface area (Å²) in [4.78, 5) is 17.8. The van der Waals surface area contributed by atoms with Crippen LogP contribution in [0.4, 0.5) is 5.69 Å². The van der Waals surface area contributed by atoms with E-state index in [0.29, 0.717) is 5.92 Å². The molecule has 0 spiro atoms. The second-order valence-corrected chi connectivity index (χ2v) is 9.71. The first-order chi connectivity index (χ1) is 17.7. The Kier molecular flexibility index (Phi) is 6.11. The number of piperazine rings is 1. The van der Waals surface area contributed by atoms with Gasteiger partial charge in [-0.3, -0.25) is 4.79 Å². The molecule has 0 radical (unpaired) electrons. The van der Waals surface area contributed by atoms with E-state index < -0.39 is 0 Å². The van der Waals surface area contributed by atoms with Crippen molar-refractivity contribution in [3.63, 3.8) is 0 Å². The van der Waals surface area contributed by atoms with E-state index >= 15 is 0 Å². The fourth-order valence-electron chi connectivity index (χ4n) is 5.60. The van der Waals surface area contributed by atoms with Gasteiger partial charge in [-0.05, 0) is 52.9 Å². The summed E-state index contributed by atoms with van der Waals surface area (Å²) in [6, 6.07) is 23.1. The van der Waals surface area contributed by atoms with Crippen molar-refractivity contribution in [3.05, 3.63) is 84.8 Å². The normalized spacial score (nSPS) is 20.1. The number of carbonyl (C=O) groups excluding carboxylic acids is 1. The molecule has 2 fully saturated rings. The molecule has 2 aliphatic rings. The van der Waals surface area contributed by atoms with E-state index in [4.69, 9.17) is 9.15 Å². The predicted octanol–water partition coefficient (Wildman–Crippen LogP) is 4.90. The zero-order valence-electron chi connectivity index (χ0n) is 20.5. The van der Waals surface area contributed by atoms with Gasteiger partial charge in [-0.1, -0.05) is 42.5 Å². The van der Waals surface area contributed by atoms with Crippen LogP contribution in [0.5, 0.6) is 5.75 Å². The Morgan fingerprint density at radius 1 is 0.972 bits per heavy atom. The summed E-state index contributed by atoms with van der Waals surface area (Å²) in [6.07, 6.45) is 4.33. The first-order valence-electron chi connectivity index (χ1n) is 12.7. The molecule has 2 saturated heterocycles. The molecule has 1 amide bonds. The maximum atomic E-state index is 13.4. The first-order valence-corrected chi connectivity index (χ1v) is 12.7. The number of methoxy groups -OCH3 is 1. The van der Waals surface area contributed by atoms with Crippen molar-refractivity contribution >= 4 is 22.4 Å². The van der Waals surface area contributed by atoms with Gasteiger partial charge in [0.05, 0.1) is 25.7 Å². The van der Waals surface area contributed by atoms with Gasteiger partial charge in [-0.15, -0.1) is 0 Å². The van der Waals surface area contributed by atoms with E-state index in [0.717, 1.165) is 50.5 Å². The van der Waals surface area contributed by atoms with E-state index in [-0.39, 0.29) is 11.9 Å². The fraction of sp³-hybridized carbons (Fsp3) is 0.300. The number of hydrogen-bond acceptors (Lipinski definition) is 5. The van der Waals surface area contributed by atoms with Gasteiger partial charge in [-0.2, -0.15) is 0 Å². The Morgan fingerprint density at radius 3 is 2.58 bits per heavy atom. The minimum absolute atomic E-state index is 0.119. The van der Waals surface area contributed by atoms with Gasteiger partial charge in [0.1, 0.15) is 5.75 Å². The Labute approximate surface area is 211 Å². The second-order valence-electron chi connectivity index (χ2n) is 9.71. The van der Waals surface area contributed by atoms with E-state index in [9.17, 15) is 4.79 Å². The average molecular weight is 482 g/mol. The van der Waals surface area contributed by atoms with Crippen molar-refractivity contribution in [1.82, 2.24) is 10.2 Å². The van der Waals surface area contributed by atoms with Gasteiger partial charge >= 0.3 is 0 Å². The van der Waals surface area contributed by atoms with Crippen LogP contribution in [0.25, 0.3) is 21.9 Å². The highest BCUT2D eigenvalue weighted by Crippen LogP contribution is 2.33. The Bertz CT molecular complexity index is 1360. The van der Waals surface area contributed by atoms with Crippen LogP contribution < -0.4 is 15.0 Å². The highest BCUT2D eigenvalue weighted by molar-refractivity contribution is 5.85. The average Bonchev–Trinajstić information content (AvgIpc) is 3.65. The molecule has 6 nitrogen and oxygen atoms in total. The molecule has 184 valence electrons. The standard InChI is InChI=1S/C30H31N3O3/c1-35-26-9-8-21-16-22(6-7-23(21)17-26)25-18-28(31-19-25)30(34)33-13-11-32(12-14-33)29-5-3-2-4-27(29)24-10-15-36-20-24/h2-10,15-17,20,25,28,31H,11-14,18-19H2,1H3/t25-,28-/m1/s1. The topological polar surface area (TPSA) is 58.0 Å². The van der Waals surface area contributed by atoms with E-state index in [1.807, 2.05) is 17.0 Å². The molecule has 36 heavy (non-hydrogen) atoms. The molecule has 2 aliphatic heterocycles. The van der Waals surface area contributed by atoms with Crippen LogP contribution in [0, 0.1) is 0 Å². The van der Waals surface area contributed by atoms with Crippen molar-refractivity contribution in [2.45, 2.75) is 18.4 Å². The molecule has 6 rings (SSSR count). The van der Waals surface area contributed by atoms with Crippen LogP contribution in [0.3, 0.4) is 0 Å². The number of fused-ring (bicyclic) bond motifs is 1. The lowest BCUT2D eigenvalue weighted by molar-refractivity contribution is -0.133. The van der Waals surface area contributed by atoms with Gasteiger partial charge in [-0.25, -0.2) is 0 Å². The number of carbonyl (C=O) groups is 1. The Hall–Kier alpha value is -3.77. The van der Waals surface area contributed by atoms with Crippen LogP contribution in [0.15, 0.2) is 83.7 Å². The van der Waals surface area contributed by atoms with E-state index in [1.165, 1.54) is 27.6 Å². The lowest BCUT2D eigenvalue weighted by atomic mass is 9.93. The monoisotopic (exact) mass is 481 g/mol. The number of para-hydroxylation sites is 1. The molecule has 3 heterocycles. The van der Waals surface area contributed by atoms with Crippen molar-refractivity contribution in [2.24, 2.45) is 0 Å². The lowest BCUT2D eigenvalue weighted by Gasteiger charge is -2.38. The minimum Gasteiger partial charge on any atom is -0.497 e. The van der Waals surface area contributed by atoms with Gasteiger partial charge in [0.2, 0.25) is 5.91 Å². The Morgan fingerprint density at radius 2 is 1.78 bits per heavy atom. The number of anilines is 1. The molecule has 1 N–H and O–H groups in total. The number of furan rings is 1. The molecule has 6 heteroatoms. The van der Waals surface area contributed by atoms with Gasteiger partial charge in [0.25, 0.3) is 0 Å². The van der Waals surface area contributed by atoms with Gasteiger partial charge < -0.3 is 24.3 Å². The minimum atomic E-state index is -0.119. The van der Waals surface area contributed by atoms with Gasteiger partial charge in [0.15, 0.2) is 0 Å². The molecule has 1 aromatic heterocycles. The van der Waals surface area contributed by atoms with E-state index in [1.54, 1.807) is 19.6 Å². The van der Waals surface area contributed by atoms with Crippen molar-refractivity contribution in [2.75, 3.05) is 44.7 Å². The summed E-state index contributed by atoms with van der Waals surface area (Å²) in [5.41, 5.74) is 4.73. The van der Waals surface area contributed by atoms with Crippen LogP contribution in [0.2, 0.25) is 0 Å². The highest BCUT2D eigenvalue weighted by Gasteiger charge is 2.34. The largest absolute Gasteiger partial charge is 0.497 e. The van der Waals surface area contributed by atoms with Gasteiger partial charge in [0, 0.05) is 49.5 Å². The third-order valence-electron chi connectivity index (χ3n) is 7.64. The summed E-state index contributed by atoms with van der Waals surface area (Å²) < 4.78 is 10.7. The lowest BCUT2D eigenvalue weighted by Crippen LogP contribution is -2.53. The number of rotatable bonds is 5. The molecule has 0 bridgehead atoms. The molecule has 0 aliphatic carbocycles. The van der Waals surface area contributed by atoms with Crippen LogP contribution in [-0.4, -0.2) is 56.7 Å². The fourth-order valence-corrected chi connectivity index (χ4v) is 5.60. The maximum Gasteiger partial charge on any atom is 0.239 e. The summed E-state index contributed by atoms with van der Waals surface area (Å²) in [7, 11) is 1.69. The zero-order chi connectivity index (χ0) is 24.5. The molecule has 0 unspecified atom stereocenters. The summed E-state index contributed by atoms with van der Waals surface area (Å²) in [5, 5.41) is 5.88. The summed E-state index contributed by atoms with van der Waals surface area (Å²) >= 11 is 0. The summed E-state index contributed by atoms with van der Waals surface area (Å²) in [6.45, 7) is 3.95. The van der Waals surface area contributed by atoms with E-state index in [2.05, 4.69) is 64.8 Å². The molecule has 0 saturated carbocycles. The van der Waals surface area contributed by atoms with Crippen molar-refractivity contribution in [1.29, 1.82) is 0 Å². The smallest absolute Gasteiger partial charge is 0.239 e. The quantitative estimate of drug-likeness (QED) is 0.439. The second kappa shape index (κ2) is 9.70. The molecular weight excluding hydrogens is 450 g/mol. The predicted molar refractivity (Wildman–Crippen MR) is 143 cm³/mol. The van der Waals surface area contributed by atoms with Crippen molar-refractivity contribution in [3.8, 4) is 16.9 Å². The van der Waals surface area contributed by atoms with Crippen LogP contribution >= 0.6 is 0 Å². The van der Waals surface area contributed by atoms with Crippen molar-refractivity contribution < 1.29 is 13.9 Å². The molecule has 4 aromatic rings. The van der Waals surface area contributed by atoms with Crippen LogP contribution in [0.1, 0.15) is 17.9 Å². The zero-order valence-corrected chi connectivity index (χ0v) is 20.5. The number of amides is 1. The number of hydrogen-bond donors (Lipinski definition) is 1. The van der Waals surface area contributed by atoms with Crippen LogP contribution in [-0.2, 0) is 4.79 Å². The molecular formula is C30H31N3O3. The third kappa shape index (κ3) is 4.33. The number of nitrogens with zero attached hydrogens (tertiary/aromatic N) is 2. The third-order valence-corrected chi connectivity index (χ3v) is 7.64. The number of benzene rings is 3. The summed E-state index contributed by atoms with van der Waals surface area (Å²) in [5.74, 6) is 1.44. The molecule has 2 atom stereocenters. The Balaban J connectivity index is 1.09.